The summed E-state index contributed by atoms with van der Waals surface area (Å²) in [6.45, 7) is 6.34. The number of pyridine rings is 1. The molecule has 0 aromatic carbocycles. The number of aromatic nitrogens is 5. The minimum Gasteiger partial charge on any atom is -0.382 e. The van der Waals surface area contributed by atoms with E-state index in [1.165, 1.54) is 0 Å². The number of aliphatic hydroxyl groups is 1. The van der Waals surface area contributed by atoms with Gasteiger partial charge in [0.15, 0.2) is 0 Å². The zero-order valence-corrected chi connectivity index (χ0v) is 14.7. The molecule has 4 heterocycles. The Balaban J connectivity index is 1.51. The average Bonchev–Trinajstić information content (AvgIpc) is 3.22. The second-order valence-electron chi connectivity index (χ2n) is 7.22. The van der Waals surface area contributed by atoms with Gasteiger partial charge in [0.1, 0.15) is 16.9 Å². The van der Waals surface area contributed by atoms with Gasteiger partial charge < -0.3 is 9.51 Å². The van der Waals surface area contributed by atoms with Gasteiger partial charge in [-0.15, -0.1) is 5.10 Å². The van der Waals surface area contributed by atoms with E-state index in [-0.39, 0.29) is 6.04 Å². The molecule has 7 heteroatoms. The summed E-state index contributed by atoms with van der Waals surface area (Å²) in [5.41, 5.74) is 1.69. The Morgan fingerprint density at radius 2 is 2.16 bits per heavy atom. The molecule has 0 bridgehead atoms. The third-order valence-electron chi connectivity index (χ3n) is 4.87. The van der Waals surface area contributed by atoms with Crippen molar-refractivity contribution in [3.63, 3.8) is 0 Å². The molecule has 0 saturated carbocycles. The van der Waals surface area contributed by atoms with Crippen molar-refractivity contribution >= 4 is 5.65 Å². The van der Waals surface area contributed by atoms with E-state index in [0.29, 0.717) is 18.7 Å². The summed E-state index contributed by atoms with van der Waals surface area (Å²) in [5.74, 6) is 0. The van der Waals surface area contributed by atoms with Gasteiger partial charge in [-0.25, -0.2) is 9.67 Å². The SMILES string of the molecule is CC(C)n1cc(C2(O)CCCN(Cc3cn4ccccc4n3)C2)nn1. The lowest BCUT2D eigenvalue weighted by atomic mass is 9.90. The van der Waals surface area contributed by atoms with E-state index in [2.05, 4.69) is 40.2 Å². The molecule has 1 saturated heterocycles. The number of hydrogen-bond donors (Lipinski definition) is 1. The minimum absolute atomic E-state index is 0.238. The van der Waals surface area contributed by atoms with E-state index in [1.54, 1.807) is 4.68 Å². The molecule has 25 heavy (non-hydrogen) atoms. The van der Waals surface area contributed by atoms with Crippen molar-refractivity contribution in [1.82, 2.24) is 29.3 Å². The molecule has 1 aliphatic rings. The van der Waals surface area contributed by atoms with Gasteiger partial charge in [0.05, 0.1) is 11.9 Å². The highest BCUT2D eigenvalue weighted by Gasteiger charge is 2.37. The van der Waals surface area contributed by atoms with Gasteiger partial charge in [-0.3, -0.25) is 4.90 Å². The number of fused-ring (bicyclic) bond motifs is 1. The minimum atomic E-state index is -0.940. The quantitative estimate of drug-likeness (QED) is 0.786. The summed E-state index contributed by atoms with van der Waals surface area (Å²) >= 11 is 0. The van der Waals surface area contributed by atoms with Crippen LogP contribution in [0, 0.1) is 0 Å². The van der Waals surface area contributed by atoms with E-state index >= 15 is 0 Å². The van der Waals surface area contributed by atoms with Crippen LogP contribution < -0.4 is 0 Å². The molecule has 0 amide bonds. The normalized spacial score (nSPS) is 22.1. The molecule has 3 aromatic rings. The molecule has 1 unspecified atom stereocenters. The highest BCUT2D eigenvalue weighted by molar-refractivity contribution is 5.39. The van der Waals surface area contributed by atoms with Crippen molar-refractivity contribution in [3.05, 3.63) is 48.2 Å². The smallest absolute Gasteiger partial charge is 0.137 e. The molecule has 0 spiro atoms. The fourth-order valence-corrected chi connectivity index (χ4v) is 3.50. The number of piperidine rings is 1. The maximum atomic E-state index is 11.1. The van der Waals surface area contributed by atoms with Crippen LogP contribution in [0.2, 0.25) is 0 Å². The summed E-state index contributed by atoms with van der Waals surface area (Å²) < 4.78 is 3.83. The van der Waals surface area contributed by atoms with Crippen LogP contribution in [-0.4, -0.2) is 47.5 Å². The molecule has 1 atom stereocenters. The van der Waals surface area contributed by atoms with Gasteiger partial charge >= 0.3 is 0 Å². The predicted molar refractivity (Wildman–Crippen MR) is 94.0 cm³/mol. The van der Waals surface area contributed by atoms with Crippen molar-refractivity contribution in [2.75, 3.05) is 13.1 Å². The van der Waals surface area contributed by atoms with E-state index in [9.17, 15) is 5.11 Å². The standard InChI is InChI=1S/C18H24N6O/c1-14(2)24-12-16(20-21-24)18(25)7-5-8-22(13-18)10-15-11-23-9-4-3-6-17(23)19-15/h3-4,6,9,11-12,14,25H,5,7-8,10,13H2,1-2H3. The van der Waals surface area contributed by atoms with Crippen LogP contribution in [-0.2, 0) is 12.1 Å². The topological polar surface area (TPSA) is 71.5 Å². The summed E-state index contributed by atoms with van der Waals surface area (Å²) in [6.07, 6.45) is 7.57. The van der Waals surface area contributed by atoms with Gasteiger partial charge in [0, 0.05) is 31.5 Å². The third kappa shape index (κ3) is 3.17. The summed E-state index contributed by atoms with van der Waals surface area (Å²) in [5, 5.41) is 19.5. The van der Waals surface area contributed by atoms with Crippen LogP contribution in [0.4, 0.5) is 0 Å². The van der Waals surface area contributed by atoms with Crippen LogP contribution in [0.5, 0.6) is 0 Å². The second-order valence-corrected chi connectivity index (χ2v) is 7.22. The second kappa shape index (κ2) is 6.24. The Bertz CT molecular complexity index is 836. The molecular formula is C18H24N6O. The number of β-amino-alcohol motifs (C(OH)–C–C–N with tert-alkyl or cyclic N) is 1. The molecule has 1 aliphatic heterocycles. The predicted octanol–water partition coefficient (Wildman–Crippen LogP) is 1.99. The molecule has 132 valence electrons. The van der Waals surface area contributed by atoms with Gasteiger partial charge in [-0.1, -0.05) is 11.3 Å². The maximum absolute atomic E-state index is 11.1. The first kappa shape index (κ1) is 16.2. The van der Waals surface area contributed by atoms with Crippen molar-refractivity contribution in [2.45, 2.75) is 44.9 Å². The maximum Gasteiger partial charge on any atom is 0.137 e. The molecule has 4 rings (SSSR count). The number of rotatable bonds is 4. The summed E-state index contributed by atoms with van der Waals surface area (Å²) in [7, 11) is 0. The highest BCUT2D eigenvalue weighted by atomic mass is 16.3. The first-order valence-corrected chi connectivity index (χ1v) is 8.83. The molecule has 0 radical (unpaired) electrons. The zero-order valence-electron chi connectivity index (χ0n) is 14.7. The van der Waals surface area contributed by atoms with Crippen LogP contribution in [0.1, 0.15) is 44.1 Å². The van der Waals surface area contributed by atoms with E-state index in [4.69, 9.17) is 0 Å². The van der Waals surface area contributed by atoms with E-state index in [1.807, 2.05) is 35.0 Å². The Kier molecular flexibility index (Phi) is 4.05. The fraction of sp³-hybridized carbons (Fsp3) is 0.500. The Morgan fingerprint density at radius 3 is 2.92 bits per heavy atom. The van der Waals surface area contributed by atoms with Crippen molar-refractivity contribution in [1.29, 1.82) is 0 Å². The van der Waals surface area contributed by atoms with Crippen LogP contribution >= 0.6 is 0 Å². The zero-order chi connectivity index (χ0) is 17.4. The Hall–Kier alpha value is -2.25. The first-order chi connectivity index (χ1) is 12.0. The van der Waals surface area contributed by atoms with Crippen molar-refractivity contribution in [2.24, 2.45) is 0 Å². The lowest BCUT2D eigenvalue weighted by molar-refractivity contribution is -0.0417. The summed E-state index contributed by atoms with van der Waals surface area (Å²) in [6, 6.07) is 6.22. The van der Waals surface area contributed by atoms with Crippen molar-refractivity contribution in [3.8, 4) is 0 Å². The van der Waals surface area contributed by atoms with Gasteiger partial charge in [-0.05, 0) is 45.4 Å². The molecule has 1 N–H and O–H groups in total. The Morgan fingerprint density at radius 1 is 1.28 bits per heavy atom. The molecule has 1 fully saturated rings. The molecule has 3 aromatic heterocycles. The number of likely N-dealkylation sites (tertiary alicyclic amines) is 1. The molecule has 7 nitrogen and oxygen atoms in total. The lowest BCUT2D eigenvalue weighted by Crippen LogP contribution is -2.46. The largest absolute Gasteiger partial charge is 0.382 e. The highest BCUT2D eigenvalue weighted by Crippen LogP contribution is 2.31. The molecular weight excluding hydrogens is 316 g/mol. The van der Waals surface area contributed by atoms with Crippen LogP contribution in [0.15, 0.2) is 36.8 Å². The van der Waals surface area contributed by atoms with Crippen LogP contribution in [0.25, 0.3) is 5.65 Å². The monoisotopic (exact) mass is 340 g/mol. The van der Waals surface area contributed by atoms with Crippen molar-refractivity contribution < 1.29 is 5.11 Å². The number of imidazole rings is 1. The van der Waals surface area contributed by atoms with Gasteiger partial charge in [0.2, 0.25) is 0 Å². The third-order valence-corrected chi connectivity index (χ3v) is 4.87. The van der Waals surface area contributed by atoms with Crippen LogP contribution in [0.3, 0.4) is 0 Å². The van der Waals surface area contributed by atoms with Gasteiger partial charge in [0.25, 0.3) is 0 Å². The summed E-state index contributed by atoms with van der Waals surface area (Å²) in [4.78, 5) is 6.91. The Labute approximate surface area is 146 Å². The fourth-order valence-electron chi connectivity index (χ4n) is 3.50. The van der Waals surface area contributed by atoms with E-state index in [0.717, 1.165) is 30.9 Å². The lowest BCUT2D eigenvalue weighted by Gasteiger charge is -2.37. The number of hydrogen-bond acceptors (Lipinski definition) is 5. The molecule has 0 aliphatic carbocycles. The van der Waals surface area contributed by atoms with Gasteiger partial charge in [-0.2, -0.15) is 0 Å². The average molecular weight is 340 g/mol. The first-order valence-electron chi connectivity index (χ1n) is 8.83. The number of nitrogens with zero attached hydrogens (tertiary/aromatic N) is 6. The van der Waals surface area contributed by atoms with E-state index < -0.39 is 5.60 Å².